The number of carbonyl (C=O) groups is 2. The fourth-order valence-corrected chi connectivity index (χ4v) is 12.1. The minimum atomic E-state index is -5.03. The highest BCUT2D eigenvalue weighted by Gasteiger charge is 2.44. The van der Waals surface area contributed by atoms with E-state index in [9.17, 15) is 9.59 Å². The number of ether oxygens (including phenoxy) is 5. The van der Waals surface area contributed by atoms with E-state index in [1.807, 2.05) is 0 Å². The van der Waals surface area contributed by atoms with Crippen molar-refractivity contribution in [3.8, 4) is 39.1 Å². The van der Waals surface area contributed by atoms with Crippen LogP contribution in [-0.4, -0.2) is 121 Å². The number of nitrogen functional groups attached to an aromatic ring is 1. The Morgan fingerprint density at radius 3 is 1.78 bits per heavy atom. The SMILES string of the molecule is COc1ccc(CN(Cc2ccc(OC)cc2)S(=O)(=O)c2c(S(=O)(=O)N[C@@H]3CN(C(=O)OC(C)(C)C)C[C@@H]3NC(=O)OC(C)(C)C)ccc(-c3cnc(N)s3)c2-c2nnn(Cc3ccc(OC)cc3)n2)cc1. The molecule has 3 heterocycles. The summed E-state index contributed by atoms with van der Waals surface area (Å²) >= 11 is 1.03. The van der Waals surface area contributed by atoms with Gasteiger partial charge < -0.3 is 39.6 Å². The highest BCUT2D eigenvalue weighted by Crippen LogP contribution is 2.43. The van der Waals surface area contributed by atoms with E-state index in [0.717, 1.165) is 21.2 Å². The first-order valence-corrected chi connectivity index (χ1v) is 26.2. The molecule has 6 aromatic rings. The van der Waals surface area contributed by atoms with Crippen molar-refractivity contribution in [1.29, 1.82) is 0 Å². The molecule has 0 unspecified atom stereocenters. The molecule has 384 valence electrons. The fourth-order valence-electron chi connectivity index (χ4n) is 7.67. The summed E-state index contributed by atoms with van der Waals surface area (Å²) in [6, 6.07) is 20.9. The average molecular weight is 1050 g/mol. The molecule has 21 nitrogen and oxygen atoms in total. The van der Waals surface area contributed by atoms with Crippen LogP contribution in [0, 0.1) is 0 Å². The smallest absolute Gasteiger partial charge is 0.410 e. The van der Waals surface area contributed by atoms with Gasteiger partial charge in [0.05, 0.1) is 50.4 Å². The summed E-state index contributed by atoms with van der Waals surface area (Å²) < 4.78 is 94.2. The van der Waals surface area contributed by atoms with Gasteiger partial charge in [-0.25, -0.2) is 36.1 Å². The molecule has 2 aromatic heterocycles. The minimum Gasteiger partial charge on any atom is -0.497 e. The summed E-state index contributed by atoms with van der Waals surface area (Å²) in [4.78, 5) is 32.5. The molecule has 2 atom stereocenters. The highest BCUT2D eigenvalue weighted by molar-refractivity contribution is 7.92. The van der Waals surface area contributed by atoms with E-state index in [0.29, 0.717) is 33.3 Å². The Morgan fingerprint density at radius 1 is 0.750 bits per heavy atom. The molecule has 1 aliphatic heterocycles. The van der Waals surface area contributed by atoms with Gasteiger partial charge in [0.25, 0.3) is 0 Å². The Bertz CT molecular complexity index is 3050. The Hall–Kier alpha value is -6.86. The lowest BCUT2D eigenvalue weighted by Crippen LogP contribution is -2.51. The summed E-state index contributed by atoms with van der Waals surface area (Å²) in [7, 11) is -5.48. The molecule has 72 heavy (non-hydrogen) atoms. The van der Waals surface area contributed by atoms with Gasteiger partial charge in [0.2, 0.25) is 25.9 Å². The van der Waals surface area contributed by atoms with Crippen LogP contribution in [0.4, 0.5) is 14.7 Å². The van der Waals surface area contributed by atoms with Crippen LogP contribution in [0.15, 0.2) is 101 Å². The normalized spacial score (nSPS) is 15.3. The van der Waals surface area contributed by atoms with Crippen molar-refractivity contribution in [2.24, 2.45) is 0 Å². The quantitative estimate of drug-likeness (QED) is 0.0905. The second-order valence-electron chi connectivity index (χ2n) is 18.7. The first-order valence-electron chi connectivity index (χ1n) is 22.5. The summed E-state index contributed by atoms with van der Waals surface area (Å²) in [6.07, 6.45) is -0.208. The van der Waals surface area contributed by atoms with E-state index >= 15 is 16.8 Å². The number of amides is 2. The number of likely N-dealkylation sites (tertiary alicyclic amines) is 1. The van der Waals surface area contributed by atoms with Gasteiger partial charge in [-0.15, -0.1) is 10.2 Å². The highest BCUT2D eigenvalue weighted by atomic mass is 32.2. The number of aromatic nitrogens is 5. The van der Waals surface area contributed by atoms with Gasteiger partial charge in [-0.3, -0.25) is 0 Å². The first-order chi connectivity index (χ1) is 33.9. The summed E-state index contributed by atoms with van der Waals surface area (Å²) in [5.74, 6) is 1.44. The van der Waals surface area contributed by atoms with Crippen LogP contribution in [0.25, 0.3) is 21.8 Å². The number of hydrogen-bond acceptors (Lipinski definition) is 17. The van der Waals surface area contributed by atoms with Crippen LogP contribution in [-0.2, 0) is 49.2 Å². The van der Waals surface area contributed by atoms with E-state index in [1.54, 1.807) is 121 Å². The zero-order chi connectivity index (χ0) is 52.2. The van der Waals surface area contributed by atoms with Gasteiger partial charge in [0.1, 0.15) is 38.2 Å². The first kappa shape index (κ1) is 53.0. The zero-order valence-electron chi connectivity index (χ0n) is 41.3. The van der Waals surface area contributed by atoms with Crippen LogP contribution in [0.3, 0.4) is 0 Å². The molecule has 4 N–H and O–H groups in total. The topological polar surface area (TPSA) is 262 Å². The number of alkyl carbamates (subject to hydrolysis) is 1. The third-order valence-electron chi connectivity index (χ3n) is 11.0. The van der Waals surface area contributed by atoms with Gasteiger partial charge in [-0.2, -0.15) is 9.10 Å². The lowest BCUT2D eigenvalue weighted by atomic mass is 10.1. The average Bonchev–Trinajstić information content (AvgIpc) is 4.08. The molecule has 1 aliphatic rings. The van der Waals surface area contributed by atoms with Gasteiger partial charge in [-0.05, 0) is 106 Å². The lowest BCUT2D eigenvalue weighted by Gasteiger charge is -2.27. The third-order valence-corrected chi connectivity index (χ3v) is 15.4. The number of hydrogen-bond donors (Lipinski definition) is 3. The number of rotatable bonds is 17. The maximum absolute atomic E-state index is 16.2. The van der Waals surface area contributed by atoms with Crippen LogP contribution >= 0.6 is 11.3 Å². The minimum absolute atomic E-state index is 0.0877. The van der Waals surface area contributed by atoms with Crippen molar-refractivity contribution in [3.05, 3.63) is 108 Å². The van der Waals surface area contributed by atoms with Crippen molar-refractivity contribution in [1.82, 2.24) is 44.4 Å². The van der Waals surface area contributed by atoms with Gasteiger partial charge in [0, 0.05) is 37.9 Å². The molecular formula is C48H58N10O11S3. The number of tetrazole rings is 1. The molecule has 1 fully saturated rings. The number of carbonyl (C=O) groups excluding carboxylic acids is 2. The Labute approximate surface area is 422 Å². The number of sulfonamides is 2. The monoisotopic (exact) mass is 1050 g/mol. The Morgan fingerprint density at radius 2 is 1.28 bits per heavy atom. The van der Waals surface area contributed by atoms with Crippen LogP contribution in [0.1, 0.15) is 58.2 Å². The predicted molar refractivity (Wildman–Crippen MR) is 268 cm³/mol. The predicted octanol–water partition coefficient (Wildman–Crippen LogP) is 6.30. The molecule has 0 spiro atoms. The molecule has 0 aliphatic carbocycles. The van der Waals surface area contributed by atoms with Crippen molar-refractivity contribution < 1.29 is 50.1 Å². The van der Waals surface area contributed by atoms with Crippen LogP contribution in [0.2, 0.25) is 0 Å². The molecule has 0 radical (unpaired) electrons. The number of methoxy groups -OCH3 is 3. The summed E-state index contributed by atoms with van der Waals surface area (Å²) in [6.45, 7) is 9.13. The fraction of sp³-hybridized carbons (Fsp3) is 0.375. The summed E-state index contributed by atoms with van der Waals surface area (Å²) in [5.41, 5.74) is 6.11. The molecule has 0 bridgehead atoms. The van der Waals surface area contributed by atoms with E-state index in [-0.39, 0.29) is 54.8 Å². The van der Waals surface area contributed by atoms with E-state index < -0.39 is 65.3 Å². The molecule has 4 aromatic carbocycles. The zero-order valence-corrected chi connectivity index (χ0v) is 43.7. The maximum Gasteiger partial charge on any atom is 0.410 e. The molecule has 2 amide bonds. The second-order valence-corrected chi connectivity index (χ2v) is 23.3. The van der Waals surface area contributed by atoms with Gasteiger partial charge >= 0.3 is 12.2 Å². The van der Waals surface area contributed by atoms with Crippen LogP contribution in [0.5, 0.6) is 17.2 Å². The molecule has 1 saturated heterocycles. The van der Waals surface area contributed by atoms with Crippen molar-refractivity contribution in [3.63, 3.8) is 0 Å². The third kappa shape index (κ3) is 13.0. The Balaban J connectivity index is 1.44. The number of nitrogens with zero attached hydrogens (tertiary/aromatic N) is 7. The van der Waals surface area contributed by atoms with E-state index in [2.05, 4.69) is 30.4 Å². The standard InChI is InChI=1S/C48H58N10O11S3/c1-47(2,3)68-45(59)51-37-28-56(46(60)69-48(4,5)6)29-38(37)54-71(61,62)40-23-22-36(39-24-50-44(49)70-39)41(43-52-55-58(53-43)27-32-14-20-35(67-9)21-15-32)42(40)72(63,64)57(25-30-10-16-33(65-7)17-11-30)26-31-12-18-34(66-8)19-13-31/h10-24,37-38,54H,25-29H2,1-9H3,(H2,49,50)(H,51,59)/t37-,38+/m0/s1. The number of nitrogens with one attached hydrogen (secondary N) is 2. The lowest BCUT2D eigenvalue weighted by molar-refractivity contribution is 0.0281. The van der Waals surface area contributed by atoms with Crippen molar-refractivity contribution >= 4 is 48.7 Å². The summed E-state index contributed by atoms with van der Waals surface area (Å²) in [5, 5.41) is 16.2. The molecule has 7 rings (SSSR count). The molecule has 24 heteroatoms. The maximum atomic E-state index is 16.2. The number of thiazole rings is 1. The molecular weight excluding hydrogens is 989 g/mol. The largest absolute Gasteiger partial charge is 0.497 e. The molecule has 0 saturated carbocycles. The number of nitrogens with two attached hydrogens (primary N) is 1. The second kappa shape index (κ2) is 21.5. The van der Waals surface area contributed by atoms with E-state index in [1.165, 1.54) is 42.2 Å². The van der Waals surface area contributed by atoms with Crippen molar-refractivity contribution in [2.45, 2.75) is 94.3 Å². The van der Waals surface area contributed by atoms with Gasteiger partial charge in [-0.1, -0.05) is 53.8 Å². The van der Waals surface area contributed by atoms with E-state index in [4.69, 9.17) is 29.4 Å². The van der Waals surface area contributed by atoms with Crippen molar-refractivity contribution in [2.75, 3.05) is 40.2 Å². The number of benzene rings is 4. The number of anilines is 1. The van der Waals surface area contributed by atoms with Gasteiger partial charge in [0.15, 0.2) is 5.13 Å². The van der Waals surface area contributed by atoms with Crippen LogP contribution < -0.4 is 30.0 Å². The Kier molecular flexibility index (Phi) is 15.8.